The fourth-order valence-electron chi connectivity index (χ4n) is 1.87. The van der Waals surface area contributed by atoms with Crippen LogP contribution in [-0.2, 0) is 17.4 Å². The third kappa shape index (κ3) is 3.98. The summed E-state index contributed by atoms with van der Waals surface area (Å²) in [6.45, 7) is 0. The fraction of sp³-hybridized carbons (Fsp3) is 0.133. The Kier molecular flexibility index (Phi) is 4.71. The van der Waals surface area contributed by atoms with E-state index >= 15 is 0 Å². The molecule has 0 heterocycles. The van der Waals surface area contributed by atoms with E-state index in [-0.39, 0.29) is 16.3 Å². The number of carbonyl (C=O) groups is 1. The van der Waals surface area contributed by atoms with Crippen molar-refractivity contribution in [3.63, 3.8) is 0 Å². The van der Waals surface area contributed by atoms with Crippen LogP contribution in [0.3, 0.4) is 0 Å². The molecule has 0 aromatic heterocycles. The molecule has 0 atom stereocenters. The second-order valence-electron chi connectivity index (χ2n) is 4.50. The number of carbonyl (C=O) groups excluding carboxylic acids is 1. The second-order valence-corrected chi connectivity index (χ2v) is 4.94. The molecule has 2 aromatic rings. The number of halogens is 5. The van der Waals surface area contributed by atoms with Gasteiger partial charge in [-0.1, -0.05) is 29.8 Å². The average molecular weight is 332 g/mol. The topological polar surface area (TPSA) is 29.1 Å². The summed E-state index contributed by atoms with van der Waals surface area (Å²) in [5.41, 5.74) is -1.28. The van der Waals surface area contributed by atoms with Gasteiger partial charge in [0, 0.05) is 5.02 Å². The molecule has 0 aliphatic carbocycles. The average Bonchev–Trinajstić information content (AvgIpc) is 2.41. The molecule has 2 nitrogen and oxygen atoms in total. The molecule has 1 amide bonds. The summed E-state index contributed by atoms with van der Waals surface area (Å²) >= 11 is 5.59. The molecule has 0 bridgehead atoms. The van der Waals surface area contributed by atoms with Crippen LogP contribution in [0.15, 0.2) is 42.5 Å². The first-order chi connectivity index (χ1) is 10.3. The van der Waals surface area contributed by atoms with Gasteiger partial charge in [-0.3, -0.25) is 4.79 Å². The summed E-state index contributed by atoms with van der Waals surface area (Å²) < 4.78 is 52.0. The molecular formula is C15H10ClF4NO. The number of rotatable bonds is 3. The van der Waals surface area contributed by atoms with Crippen LogP contribution in [0.1, 0.15) is 11.1 Å². The molecule has 0 radical (unpaired) electrons. The summed E-state index contributed by atoms with van der Waals surface area (Å²) in [6.07, 6.45) is -4.98. The van der Waals surface area contributed by atoms with Crippen LogP contribution in [0, 0.1) is 5.82 Å². The largest absolute Gasteiger partial charge is 0.418 e. The van der Waals surface area contributed by atoms with Gasteiger partial charge in [0.05, 0.1) is 17.7 Å². The maximum Gasteiger partial charge on any atom is 0.418 e. The van der Waals surface area contributed by atoms with Crippen LogP contribution in [0.4, 0.5) is 23.2 Å². The summed E-state index contributed by atoms with van der Waals surface area (Å²) in [5, 5.41) is 2.32. The first-order valence-electron chi connectivity index (χ1n) is 6.17. The lowest BCUT2D eigenvalue weighted by atomic mass is 10.1. The molecule has 22 heavy (non-hydrogen) atoms. The first-order valence-corrected chi connectivity index (χ1v) is 6.55. The SMILES string of the molecule is O=C(Cc1ccc(Cl)cc1F)Nc1ccccc1C(F)(F)F. The zero-order valence-electron chi connectivity index (χ0n) is 11.0. The minimum atomic E-state index is -4.59. The van der Waals surface area contributed by atoms with E-state index in [0.29, 0.717) is 0 Å². The monoisotopic (exact) mass is 331 g/mol. The van der Waals surface area contributed by atoms with Crippen molar-refractivity contribution >= 4 is 23.2 Å². The van der Waals surface area contributed by atoms with E-state index in [1.54, 1.807) is 0 Å². The number of benzene rings is 2. The van der Waals surface area contributed by atoms with Crippen LogP contribution in [0.2, 0.25) is 5.02 Å². The van der Waals surface area contributed by atoms with Gasteiger partial charge in [0.1, 0.15) is 5.82 Å². The van der Waals surface area contributed by atoms with Crippen molar-refractivity contribution in [3.8, 4) is 0 Å². The van der Waals surface area contributed by atoms with Gasteiger partial charge >= 0.3 is 6.18 Å². The summed E-state index contributed by atoms with van der Waals surface area (Å²) in [5.74, 6) is -1.44. The van der Waals surface area contributed by atoms with Gasteiger partial charge < -0.3 is 5.32 Å². The summed E-state index contributed by atoms with van der Waals surface area (Å²) in [7, 11) is 0. The number of para-hydroxylation sites is 1. The third-order valence-electron chi connectivity index (χ3n) is 2.87. The smallest absolute Gasteiger partial charge is 0.325 e. The van der Waals surface area contributed by atoms with Crippen molar-refractivity contribution in [1.82, 2.24) is 0 Å². The summed E-state index contributed by atoms with van der Waals surface area (Å²) in [6, 6.07) is 8.33. The Morgan fingerprint density at radius 2 is 1.82 bits per heavy atom. The predicted octanol–water partition coefficient (Wildman–Crippen LogP) is 4.68. The lowest BCUT2D eigenvalue weighted by Gasteiger charge is -2.13. The highest BCUT2D eigenvalue weighted by atomic mass is 35.5. The van der Waals surface area contributed by atoms with Crippen molar-refractivity contribution in [1.29, 1.82) is 0 Å². The number of alkyl halides is 3. The molecule has 0 aliphatic rings. The Morgan fingerprint density at radius 3 is 2.45 bits per heavy atom. The number of amides is 1. The number of hydrogen-bond donors (Lipinski definition) is 1. The standard InChI is InChI=1S/C15H10ClF4NO/c16-10-6-5-9(12(17)8-10)7-14(22)21-13-4-2-1-3-11(13)15(18,19)20/h1-6,8H,7H2,(H,21,22). The Labute approximate surface area is 128 Å². The molecule has 0 fully saturated rings. The highest BCUT2D eigenvalue weighted by Gasteiger charge is 2.33. The lowest BCUT2D eigenvalue weighted by molar-refractivity contribution is -0.137. The van der Waals surface area contributed by atoms with Gasteiger partial charge in [-0.25, -0.2) is 4.39 Å². The third-order valence-corrected chi connectivity index (χ3v) is 3.11. The molecule has 2 rings (SSSR count). The van der Waals surface area contributed by atoms with E-state index in [1.165, 1.54) is 24.3 Å². The highest BCUT2D eigenvalue weighted by molar-refractivity contribution is 6.30. The van der Waals surface area contributed by atoms with Crippen LogP contribution >= 0.6 is 11.6 Å². The number of anilines is 1. The number of nitrogens with one attached hydrogen (secondary N) is 1. The van der Waals surface area contributed by atoms with Gasteiger partial charge in [-0.15, -0.1) is 0 Å². The molecule has 0 unspecified atom stereocenters. The zero-order chi connectivity index (χ0) is 16.3. The quantitative estimate of drug-likeness (QED) is 0.813. The van der Waals surface area contributed by atoms with Crippen LogP contribution in [-0.4, -0.2) is 5.91 Å². The van der Waals surface area contributed by atoms with E-state index in [9.17, 15) is 22.4 Å². The molecule has 0 saturated heterocycles. The normalized spacial score (nSPS) is 11.3. The number of hydrogen-bond acceptors (Lipinski definition) is 1. The maximum absolute atomic E-state index is 13.6. The minimum Gasteiger partial charge on any atom is -0.325 e. The maximum atomic E-state index is 13.6. The fourth-order valence-corrected chi connectivity index (χ4v) is 2.03. The van der Waals surface area contributed by atoms with Crippen molar-refractivity contribution in [2.24, 2.45) is 0 Å². The van der Waals surface area contributed by atoms with E-state index < -0.39 is 29.9 Å². The van der Waals surface area contributed by atoms with E-state index in [2.05, 4.69) is 5.32 Å². The van der Waals surface area contributed by atoms with Gasteiger partial charge in [0.25, 0.3) is 0 Å². The zero-order valence-corrected chi connectivity index (χ0v) is 11.8. The minimum absolute atomic E-state index is 0.0476. The van der Waals surface area contributed by atoms with Crippen LogP contribution < -0.4 is 5.32 Å². The molecule has 2 aromatic carbocycles. The Bertz CT molecular complexity index is 700. The molecule has 0 aliphatic heterocycles. The van der Waals surface area contributed by atoms with Gasteiger partial charge in [0.2, 0.25) is 5.91 Å². The Balaban J connectivity index is 2.16. The van der Waals surface area contributed by atoms with E-state index in [0.717, 1.165) is 18.2 Å². The molecule has 7 heteroatoms. The van der Waals surface area contributed by atoms with Gasteiger partial charge in [-0.2, -0.15) is 13.2 Å². The summed E-state index contributed by atoms with van der Waals surface area (Å²) in [4.78, 5) is 11.8. The van der Waals surface area contributed by atoms with Crippen molar-refractivity contribution < 1.29 is 22.4 Å². The van der Waals surface area contributed by atoms with E-state index in [4.69, 9.17) is 11.6 Å². The second kappa shape index (κ2) is 6.36. The molecule has 0 saturated carbocycles. The van der Waals surface area contributed by atoms with Crippen LogP contribution in [0.25, 0.3) is 0 Å². The molecule has 116 valence electrons. The molecular weight excluding hydrogens is 322 g/mol. The highest BCUT2D eigenvalue weighted by Crippen LogP contribution is 2.34. The van der Waals surface area contributed by atoms with Crippen LogP contribution in [0.5, 0.6) is 0 Å². The first kappa shape index (κ1) is 16.3. The van der Waals surface area contributed by atoms with Gasteiger partial charge in [0.15, 0.2) is 0 Å². The van der Waals surface area contributed by atoms with Crippen molar-refractivity contribution in [3.05, 3.63) is 64.4 Å². The van der Waals surface area contributed by atoms with Gasteiger partial charge in [-0.05, 0) is 29.8 Å². The Morgan fingerprint density at radius 1 is 1.14 bits per heavy atom. The predicted molar refractivity (Wildman–Crippen MR) is 75.2 cm³/mol. The van der Waals surface area contributed by atoms with E-state index in [1.807, 2.05) is 0 Å². The van der Waals surface area contributed by atoms with Crippen molar-refractivity contribution in [2.75, 3.05) is 5.32 Å². The molecule has 0 spiro atoms. The lowest BCUT2D eigenvalue weighted by Crippen LogP contribution is -2.18. The van der Waals surface area contributed by atoms with Crippen molar-refractivity contribution in [2.45, 2.75) is 12.6 Å². The molecule has 1 N–H and O–H groups in total. The Hall–Kier alpha value is -2.08.